The summed E-state index contributed by atoms with van der Waals surface area (Å²) in [5.41, 5.74) is 4.12. The Kier molecular flexibility index (Phi) is 7.16. The minimum Gasteiger partial charge on any atom is -0.348 e. The molecule has 1 amide bonds. The molecule has 0 fully saturated rings. The van der Waals surface area contributed by atoms with E-state index in [9.17, 15) is 13.2 Å². The first kappa shape index (κ1) is 21.1. The van der Waals surface area contributed by atoms with Crippen molar-refractivity contribution in [1.82, 2.24) is 9.62 Å². The lowest BCUT2D eigenvalue weighted by Gasteiger charge is -2.22. The highest BCUT2D eigenvalue weighted by Gasteiger charge is 2.22. The Morgan fingerprint density at radius 1 is 1.00 bits per heavy atom. The zero-order valence-electron chi connectivity index (χ0n) is 16.4. The van der Waals surface area contributed by atoms with Gasteiger partial charge in [-0.15, -0.1) is 0 Å². The monoisotopic (exact) mass is 388 g/mol. The predicted molar refractivity (Wildman–Crippen MR) is 109 cm³/mol. The van der Waals surface area contributed by atoms with E-state index in [1.165, 1.54) is 4.31 Å². The standard InChI is InChI=1S/C21H28N2O3S/c1-5-20(19-12-8-17(3)9-13-19)22-21(24)15-23(27(4,25)26)14-18-10-6-16(2)7-11-18/h6-13,20H,5,14-15H2,1-4H3,(H,22,24)/t20-/m0/s1. The van der Waals surface area contributed by atoms with Gasteiger partial charge in [0.25, 0.3) is 0 Å². The van der Waals surface area contributed by atoms with Crippen LogP contribution in [0.3, 0.4) is 0 Å². The van der Waals surface area contributed by atoms with Crippen molar-refractivity contribution in [2.75, 3.05) is 12.8 Å². The number of sulfonamides is 1. The van der Waals surface area contributed by atoms with Gasteiger partial charge in [-0.05, 0) is 31.4 Å². The van der Waals surface area contributed by atoms with Crippen LogP contribution in [-0.2, 0) is 21.4 Å². The third kappa shape index (κ3) is 6.48. The molecule has 0 spiro atoms. The maximum absolute atomic E-state index is 12.5. The van der Waals surface area contributed by atoms with Crippen LogP contribution in [0.25, 0.3) is 0 Å². The van der Waals surface area contributed by atoms with E-state index in [0.717, 1.165) is 34.9 Å². The SMILES string of the molecule is CC[C@H](NC(=O)CN(Cc1ccc(C)cc1)S(C)(=O)=O)c1ccc(C)cc1. The molecule has 0 heterocycles. The first-order chi connectivity index (χ1) is 12.7. The van der Waals surface area contributed by atoms with Crippen molar-refractivity contribution < 1.29 is 13.2 Å². The van der Waals surface area contributed by atoms with Crippen molar-refractivity contribution in [2.45, 2.75) is 39.8 Å². The van der Waals surface area contributed by atoms with Crippen LogP contribution in [0.1, 0.15) is 41.6 Å². The first-order valence-electron chi connectivity index (χ1n) is 9.05. The molecule has 1 atom stereocenters. The quantitative estimate of drug-likeness (QED) is 0.754. The summed E-state index contributed by atoms with van der Waals surface area (Å²) in [4.78, 5) is 12.5. The Labute approximate surface area is 162 Å². The van der Waals surface area contributed by atoms with E-state index in [4.69, 9.17) is 0 Å². The van der Waals surface area contributed by atoms with Crippen molar-refractivity contribution in [3.05, 3.63) is 70.8 Å². The van der Waals surface area contributed by atoms with Crippen molar-refractivity contribution in [3.8, 4) is 0 Å². The maximum atomic E-state index is 12.5. The highest BCUT2D eigenvalue weighted by atomic mass is 32.2. The van der Waals surface area contributed by atoms with E-state index >= 15 is 0 Å². The molecular formula is C21H28N2O3S. The molecule has 0 saturated carbocycles. The van der Waals surface area contributed by atoms with E-state index in [-0.39, 0.29) is 25.0 Å². The molecule has 0 unspecified atom stereocenters. The third-order valence-corrected chi connectivity index (χ3v) is 5.69. The lowest BCUT2D eigenvalue weighted by molar-refractivity contribution is -0.122. The molecule has 0 bridgehead atoms. The van der Waals surface area contributed by atoms with E-state index in [2.05, 4.69) is 5.32 Å². The molecule has 0 radical (unpaired) electrons. The van der Waals surface area contributed by atoms with Gasteiger partial charge >= 0.3 is 0 Å². The van der Waals surface area contributed by atoms with Gasteiger partial charge in [-0.3, -0.25) is 4.79 Å². The van der Waals surface area contributed by atoms with Crippen LogP contribution < -0.4 is 5.32 Å². The Bertz CT molecular complexity index is 859. The van der Waals surface area contributed by atoms with Crippen LogP contribution >= 0.6 is 0 Å². The number of carbonyl (C=O) groups excluding carboxylic acids is 1. The molecule has 2 rings (SSSR count). The predicted octanol–water partition coefficient (Wildman–Crippen LogP) is 3.33. The number of carbonyl (C=O) groups is 1. The fraction of sp³-hybridized carbons (Fsp3) is 0.381. The second-order valence-electron chi connectivity index (χ2n) is 6.96. The summed E-state index contributed by atoms with van der Waals surface area (Å²) in [6.07, 6.45) is 1.86. The normalized spacial score (nSPS) is 12.8. The number of aryl methyl sites for hydroxylation is 2. The lowest BCUT2D eigenvalue weighted by atomic mass is 10.0. The van der Waals surface area contributed by atoms with Crippen molar-refractivity contribution >= 4 is 15.9 Å². The zero-order chi connectivity index (χ0) is 20.0. The minimum absolute atomic E-state index is 0.140. The van der Waals surface area contributed by atoms with Gasteiger partial charge in [0.05, 0.1) is 18.8 Å². The largest absolute Gasteiger partial charge is 0.348 e. The lowest BCUT2D eigenvalue weighted by Crippen LogP contribution is -2.41. The van der Waals surface area contributed by atoms with Crippen LogP contribution in [0.4, 0.5) is 0 Å². The molecule has 0 aliphatic carbocycles. The average Bonchev–Trinajstić information content (AvgIpc) is 2.61. The molecule has 1 N–H and O–H groups in total. The molecule has 2 aromatic carbocycles. The molecule has 2 aromatic rings. The second-order valence-corrected chi connectivity index (χ2v) is 8.94. The highest BCUT2D eigenvalue weighted by Crippen LogP contribution is 2.17. The van der Waals surface area contributed by atoms with Gasteiger partial charge in [-0.2, -0.15) is 4.31 Å². The topological polar surface area (TPSA) is 66.5 Å². The molecular weight excluding hydrogens is 360 g/mol. The van der Waals surface area contributed by atoms with Gasteiger partial charge in [0, 0.05) is 6.54 Å². The number of hydrogen-bond donors (Lipinski definition) is 1. The van der Waals surface area contributed by atoms with Crippen molar-refractivity contribution in [1.29, 1.82) is 0 Å². The Balaban J connectivity index is 2.08. The number of rotatable bonds is 8. The number of hydrogen-bond acceptors (Lipinski definition) is 3. The van der Waals surface area contributed by atoms with Gasteiger partial charge < -0.3 is 5.32 Å². The summed E-state index contributed by atoms with van der Waals surface area (Å²) >= 11 is 0. The van der Waals surface area contributed by atoms with Gasteiger partial charge in [0.1, 0.15) is 0 Å². The average molecular weight is 389 g/mol. The summed E-state index contributed by atoms with van der Waals surface area (Å²) in [5.74, 6) is -0.306. The van der Waals surface area contributed by atoms with Crippen LogP contribution in [0.2, 0.25) is 0 Å². The Morgan fingerprint density at radius 2 is 1.52 bits per heavy atom. The van der Waals surface area contributed by atoms with Gasteiger partial charge in [-0.1, -0.05) is 66.6 Å². The van der Waals surface area contributed by atoms with Crippen molar-refractivity contribution in [2.24, 2.45) is 0 Å². The summed E-state index contributed by atoms with van der Waals surface area (Å²) in [6, 6.07) is 15.5. The third-order valence-electron chi connectivity index (χ3n) is 4.49. The molecule has 146 valence electrons. The first-order valence-corrected chi connectivity index (χ1v) is 10.9. The molecule has 5 nitrogen and oxygen atoms in total. The molecule has 0 aliphatic rings. The van der Waals surface area contributed by atoms with Gasteiger partial charge in [0.15, 0.2) is 0 Å². The molecule has 0 aromatic heterocycles. The summed E-state index contributed by atoms with van der Waals surface area (Å²) < 4.78 is 25.5. The number of nitrogens with one attached hydrogen (secondary N) is 1. The smallest absolute Gasteiger partial charge is 0.235 e. The molecule has 0 aliphatic heterocycles. The fourth-order valence-corrected chi connectivity index (χ4v) is 3.54. The van der Waals surface area contributed by atoms with Crippen LogP contribution in [0.5, 0.6) is 0 Å². The van der Waals surface area contributed by atoms with E-state index in [1.807, 2.05) is 69.3 Å². The van der Waals surface area contributed by atoms with Crippen LogP contribution in [0, 0.1) is 13.8 Å². The van der Waals surface area contributed by atoms with Crippen LogP contribution in [-0.4, -0.2) is 31.4 Å². The molecule has 0 saturated heterocycles. The highest BCUT2D eigenvalue weighted by molar-refractivity contribution is 7.88. The Morgan fingerprint density at radius 3 is 2.00 bits per heavy atom. The van der Waals surface area contributed by atoms with Crippen molar-refractivity contribution in [3.63, 3.8) is 0 Å². The second kappa shape index (κ2) is 9.15. The zero-order valence-corrected chi connectivity index (χ0v) is 17.2. The maximum Gasteiger partial charge on any atom is 0.235 e. The van der Waals surface area contributed by atoms with Crippen LogP contribution in [0.15, 0.2) is 48.5 Å². The summed E-state index contributed by atoms with van der Waals surface area (Å²) in [7, 11) is -3.51. The number of benzene rings is 2. The fourth-order valence-electron chi connectivity index (χ4n) is 2.81. The van der Waals surface area contributed by atoms with Gasteiger partial charge in [0.2, 0.25) is 15.9 Å². The Hall–Kier alpha value is -2.18. The number of amides is 1. The molecule has 27 heavy (non-hydrogen) atoms. The number of nitrogens with zero attached hydrogens (tertiary/aromatic N) is 1. The summed E-state index contributed by atoms with van der Waals surface area (Å²) in [5, 5.41) is 2.95. The van der Waals surface area contributed by atoms with Gasteiger partial charge in [-0.25, -0.2) is 8.42 Å². The molecule has 6 heteroatoms. The van der Waals surface area contributed by atoms with E-state index in [1.54, 1.807) is 0 Å². The minimum atomic E-state index is -3.51. The summed E-state index contributed by atoms with van der Waals surface area (Å²) in [6.45, 7) is 5.95. The van der Waals surface area contributed by atoms with E-state index < -0.39 is 10.0 Å². The van der Waals surface area contributed by atoms with E-state index in [0.29, 0.717) is 0 Å².